The highest BCUT2D eigenvalue weighted by Crippen LogP contribution is 2.33. The van der Waals surface area contributed by atoms with Gasteiger partial charge in [-0.3, -0.25) is 10.1 Å². The number of non-ortho nitro benzene ring substituents is 1. The number of aliphatic hydroxyl groups excluding tert-OH is 1. The van der Waals surface area contributed by atoms with Crippen LogP contribution in [0, 0.1) is 10.1 Å². The molecule has 0 spiro atoms. The summed E-state index contributed by atoms with van der Waals surface area (Å²) >= 11 is 0. The molecule has 1 fully saturated rings. The summed E-state index contributed by atoms with van der Waals surface area (Å²) in [5.41, 5.74) is -0.0519. The molecule has 1 aromatic carbocycles. The molecule has 6 nitrogen and oxygen atoms in total. The smallest absolute Gasteiger partial charge is 0.273 e. The van der Waals surface area contributed by atoms with Crippen LogP contribution in [0.5, 0.6) is 11.5 Å². The topological polar surface area (TPSA) is 81.8 Å². The van der Waals surface area contributed by atoms with Gasteiger partial charge >= 0.3 is 0 Å². The maximum atomic E-state index is 10.8. The van der Waals surface area contributed by atoms with E-state index in [1.165, 1.54) is 25.3 Å². The number of hydrogen-bond donors (Lipinski definition) is 1. The Morgan fingerprint density at radius 3 is 2.70 bits per heavy atom. The van der Waals surface area contributed by atoms with Crippen molar-refractivity contribution in [2.45, 2.75) is 44.3 Å². The van der Waals surface area contributed by atoms with E-state index in [2.05, 4.69) is 0 Å². The Morgan fingerprint density at radius 1 is 1.25 bits per heavy atom. The molecule has 1 N–H and O–H groups in total. The molecule has 1 saturated carbocycles. The van der Waals surface area contributed by atoms with Gasteiger partial charge in [0.1, 0.15) is 6.10 Å². The van der Waals surface area contributed by atoms with Gasteiger partial charge in [0.05, 0.1) is 24.2 Å². The Labute approximate surface area is 117 Å². The largest absolute Gasteiger partial charge is 0.493 e. The van der Waals surface area contributed by atoms with E-state index < -0.39 is 11.0 Å². The lowest BCUT2D eigenvalue weighted by molar-refractivity contribution is -0.385. The number of rotatable bonds is 4. The molecule has 1 aliphatic carbocycles. The van der Waals surface area contributed by atoms with Crippen molar-refractivity contribution in [3.05, 3.63) is 28.3 Å². The highest BCUT2D eigenvalue weighted by Gasteiger charge is 2.25. The number of methoxy groups -OCH3 is 1. The van der Waals surface area contributed by atoms with E-state index in [1.54, 1.807) is 0 Å². The monoisotopic (exact) mass is 281 g/mol. The van der Waals surface area contributed by atoms with Crippen LogP contribution in [0.15, 0.2) is 18.2 Å². The van der Waals surface area contributed by atoms with E-state index in [0.717, 1.165) is 25.7 Å². The maximum absolute atomic E-state index is 10.8. The molecule has 20 heavy (non-hydrogen) atoms. The predicted molar refractivity (Wildman–Crippen MR) is 73.2 cm³/mol. The van der Waals surface area contributed by atoms with Crippen LogP contribution >= 0.6 is 0 Å². The van der Waals surface area contributed by atoms with Gasteiger partial charge in [-0.1, -0.05) is 12.8 Å². The van der Waals surface area contributed by atoms with Gasteiger partial charge in [-0.2, -0.15) is 0 Å². The first-order valence-electron chi connectivity index (χ1n) is 6.79. The van der Waals surface area contributed by atoms with Gasteiger partial charge in [0.15, 0.2) is 11.5 Å². The lowest BCUT2D eigenvalue weighted by Gasteiger charge is -2.22. The first kappa shape index (κ1) is 14.6. The summed E-state index contributed by atoms with van der Waals surface area (Å²) in [6.45, 7) is 0. The van der Waals surface area contributed by atoms with Crippen molar-refractivity contribution < 1.29 is 19.5 Å². The standard InChI is InChI=1S/C14H19NO5/c1-19-13-8-7-10(15(17)18)9-14(13)20-12-6-4-2-3-5-11(12)16/h7-9,11-12,16H,2-6H2,1H3. The summed E-state index contributed by atoms with van der Waals surface area (Å²) in [6, 6.07) is 4.22. The zero-order chi connectivity index (χ0) is 14.5. The van der Waals surface area contributed by atoms with Gasteiger partial charge in [0.2, 0.25) is 0 Å². The Bertz CT molecular complexity index is 477. The molecule has 2 unspecified atom stereocenters. The van der Waals surface area contributed by atoms with Crippen LogP contribution in [0.1, 0.15) is 32.1 Å². The summed E-state index contributed by atoms with van der Waals surface area (Å²) < 4.78 is 10.9. The van der Waals surface area contributed by atoms with Crippen molar-refractivity contribution >= 4 is 5.69 Å². The van der Waals surface area contributed by atoms with Crippen LogP contribution in [-0.4, -0.2) is 29.3 Å². The molecule has 1 aliphatic rings. The Morgan fingerprint density at radius 2 is 2.00 bits per heavy atom. The Balaban J connectivity index is 2.21. The van der Waals surface area contributed by atoms with Gasteiger partial charge in [0, 0.05) is 6.07 Å². The minimum Gasteiger partial charge on any atom is -0.493 e. The molecule has 0 saturated heterocycles. The predicted octanol–water partition coefficient (Wildman–Crippen LogP) is 2.68. The van der Waals surface area contributed by atoms with E-state index in [-0.39, 0.29) is 11.8 Å². The molecule has 1 aromatic rings. The average Bonchev–Trinajstić information content (AvgIpc) is 2.64. The van der Waals surface area contributed by atoms with Crippen LogP contribution in [0.2, 0.25) is 0 Å². The third-order valence-electron chi connectivity index (χ3n) is 3.55. The van der Waals surface area contributed by atoms with Gasteiger partial charge < -0.3 is 14.6 Å². The van der Waals surface area contributed by atoms with Crippen LogP contribution in [0.4, 0.5) is 5.69 Å². The zero-order valence-corrected chi connectivity index (χ0v) is 11.4. The average molecular weight is 281 g/mol. The van der Waals surface area contributed by atoms with Crippen molar-refractivity contribution in [3.8, 4) is 11.5 Å². The highest BCUT2D eigenvalue weighted by atomic mass is 16.6. The minimum atomic E-state index is -0.540. The van der Waals surface area contributed by atoms with E-state index >= 15 is 0 Å². The maximum Gasteiger partial charge on any atom is 0.273 e. The summed E-state index contributed by atoms with van der Waals surface area (Å²) in [4.78, 5) is 10.3. The van der Waals surface area contributed by atoms with Gasteiger partial charge in [-0.25, -0.2) is 0 Å². The van der Waals surface area contributed by atoms with Gasteiger partial charge in [0.25, 0.3) is 5.69 Å². The molecular formula is C14H19NO5. The molecule has 0 aliphatic heterocycles. The molecule has 2 atom stereocenters. The second-order valence-electron chi connectivity index (χ2n) is 4.95. The minimum absolute atomic E-state index is 0.0519. The SMILES string of the molecule is COc1ccc([N+](=O)[O-])cc1OC1CCCCCC1O. The number of aliphatic hydroxyl groups is 1. The zero-order valence-electron chi connectivity index (χ0n) is 11.4. The van der Waals surface area contributed by atoms with Crippen molar-refractivity contribution in [1.29, 1.82) is 0 Å². The van der Waals surface area contributed by atoms with Crippen LogP contribution in [0.25, 0.3) is 0 Å². The van der Waals surface area contributed by atoms with Gasteiger partial charge in [-0.05, 0) is 25.3 Å². The Hall–Kier alpha value is -1.82. The fourth-order valence-corrected chi connectivity index (χ4v) is 2.43. The number of benzene rings is 1. The summed E-state index contributed by atoms with van der Waals surface area (Å²) in [5.74, 6) is 0.750. The van der Waals surface area contributed by atoms with E-state index in [4.69, 9.17) is 9.47 Å². The number of hydrogen-bond acceptors (Lipinski definition) is 5. The number of nitro groups is 1. The highest BCUT2D eigenvalue weighted by molar-refractivity contribution is 5.48. The van der Waals surface area contributed by atoms with E-state index in [0.29, 0.717) is 17.9 Å². The molecule has 0 radical (unpaired) electrons. The van der Waals surface area contributed by atoms with Crippen molar-refractivity contribution in [3.63, 3.8) is 0 Å². The second kappa shape index (κ2) is 6.56. The van der Waals surface area contributed by atoms with Crippen LogP contribution in [0.3, 0.4) is 0 Å². The molecule has 2 rings (SSSR count). The molecule has 0 heterocycles. The van der Waals surface area contributed by atoms with Crippen molar-refractivity contribution in [2.24, 2.45) is 0 Å². The molecule has 0 bridgehead atoms. The van der Waals surface area contributed by atoms with Crippen molar-refractivity contribution in [1.82, 2.24) is 0 Å². The number of ether oxygens (including phenoxy) is 2. The van der Waals surface area contributed by atoms with E-state index in [9.17, 15) is 15.2 Å². The number of nitro benzene ring substituents is 1. The molecule has 0 aromatic heterocycles. The third-order valence-corrected chi connectivity index (χ3v) is 3.55. The quantitative estimate of drug-likeness (QED) is 0.521. The van der Waals surface area contributed by atoms with Gasteiger partial charge in [-0.15, -0.1) is 0 Å². The molecule has 110 valence electrons. The second-order valence-corrected chi connectivity index (χ2v) is 4.95. The summed E-state index contributed by atoms with van der Waals surface area (Å²) in [6.07, 6.45) is 3.60. The van der Waals surface area contributed by atoms with Crippen LogP contribution < -0.4 is 9.47 Å². The first-order chi connectivity index (χ1) is 9.61. The summed E-state index contributed by atoms with van der Waals surface area (Å²) in [5, 5.41) is 20.9. The fourth-order valence-electron chi connectivity index (χ4n) is 2.43. The lowest BCUT2D eigenvalue weighted by Crippen LogP contribution is -2.30. The van der Waals surface area contributed by atoms with E-state index in [1.807, 2.05) is 0 Å². The Kier molecular flexibility index (Phi) is 4.79. The fraction of sp³-hybridized carbons (Fsp3) is 0.571. The summed E-state index contributed by atoms with van der Waals surface area (Å²) in [7, 11) is 1.48. The van der Waals surface area contributed by atoms with Crippen molar-refractivity contribution in [2.75, 3.05) is 7.11 Å². The van der Waals surface area contributed by atoms with Crippen LogP contribution in [-0.2, 0) is 0 Å². The molecular weight excluding hydrogens is 262 g/mol. The lowest BCUT2D eigenvalue weighted by atomic mass is 10.1. The third kappa shape index (κ3) is 3.39. The number of nitrogens with zero attached hydrogens (tertiary/aromatic N) is 1. The normalized spacial score (nSPS) is 22.9. The molecule has 6 heteroatoms. The first-order valence-corrected chi connectivity index (χ1v) is 6.79. The molecule has 0 amide bonds.